The van der Waals surface area contributed by atoms with Gasteiger partial charge in [-0.05, 0) is 25.1 Å². The lowest BCUT2D eigenvalue weighted by molar-refractivity contribution is -0.0120. The lowest BCUT2D eigenvalue weighted by Gasteiger charge is -2.16. The Morgan fingerprint density at radius 3 is 2.84 bits per heavy atom. The zero-order chi connectivity index (χ0) is 14.0. The van der Waals surface area contributed by atoms with Gasteiger partial charge in [0, 0.05) is 24.0 Å². The summed E-state index contributed by atoms with van der Waals surface area (Å²) in [7, 11) is 0. The molecule has 0 fully saturated rings. The van der Waals surface area contributed by atoms with E-state index in [0.29, 0.717) is 11.3 Å². The third-order valence-electron chi connectivity index (χ3n) is 2.94. The maximum atomic E-state index is 13.6. The van der Waals surface area contributed by atoms with Gasteiger partial charge in [0.1, 0.15) is 5.65 Å². The van der Waals surface area contributed by atoms with E-state index in [1.807, 2.05) is 19.1 Å². The fourth-order valence-corrected chi connectivity index (χ4v) is 1.98. The predicted molar refractivity (Wildman–Crippen MR) is 72.1 cm³/mol. The summed E-state index contributed by atoms with van der Waals surface area (Å²) >= 11 is 0. The Kier molecular flexibility index (Phi) is 3.66. The van der Waals surface area contributed by atoms with Crippen LogP contribution in [0.5, 0.6) is 0 Å². The van der Waals surface area contributed by atoms with Crippen LogP contribution in [0.3, 0.4) is 0 Å². The van der Waals surface area contributed by atoms with Gasteiger partial charge in [-0.2, -0.15) is 0 Å². The topological polar surface area (TPSA) is 43.8 Å². The molecule has 0 aromatic carbocycles. The predicted octanol–water partition coefficient (Wildman–Crippen LogP) is 3.27. The molecule has 3 nitrogen and oxygen atoms in total. The number of nitrogens with zero attached hydrogens (tertiary/aromatic N) is 2. The molecule has 0 amide bonds. The highest BCUT2D eigenvalue weighted by molar-refractivity contribution is 5.76. The van der Waals surface area contributed by atoms with Gasteiger partial charge in [-0.1, -0.05) is 6.08 Å². The molecule has 102 valence electrons. The van der Waals surface area contributed by atoms with Crippen LogP contribution >= 0.6 is 0 Å². The number of rotatable bonds is 5. The number of hydrogen-bond donors (Lipinski definition) is 1. The molecular weight excluding hydrogens is 248 g/mol. The second-order valence-corrected chi connectivity index (χ2v) is 4.73. The summed E-state index contributed by atoms with van der Waals surface area (Å²) in [4.78, 5) is 4.36. The van der Waals surface area contributed by atoms with Crippen molar-refractivity contribution in [1.82, 2.24) is 9.55 Å². The summed E-state index contributed by atoms with van der Waals surface area (Å²) in [6, 6.07) is 5.22. The lowest BCUT2D eigenvalue weighted by Crippen LogP contribution is -2.22. The minimum absolute atomic E-state index is 0.221. The Morgan fingerprint density at radius 1 is 1.47 bits per heavy atom. The Hall–Kier alpha value is -1.75. The molecule has 0 aliphatic rings. The van der Waals surface area contributed by atoms with E-state index in [1.54, 1.807) is 12.3 Å². The van der Waals surface area contributed by atoms with Crippen molar-refractivity contribution in [2.75, 3.05) is 0 Å². The van der Waals surface area contributed by atoms with Crippen molar-refractivity contribution >= 4 is 11.0 Å². The molecule has 19 heavy (non-hydrogen) atoms. The largest absolute Gasteiger partial charge is 0.326 e. The van der Waals surface area contributed by atoms with Crippen molar-refractivity contribution < 1.29 is 8.78 Å². The van der Waals surface area contributed by atoms with Crippen molar-refractivity contribution in [3.8, 4) is 0 Å². The maximum Gasteiger partial charge on any atom is 0.269 e. The van der Waals surface area contributed by atoms with Gasteiger partial charge in [-0.15, -0.1) is 6.58 Å². The molecule has 0 aliphatic carbocycles. The van der Waals surface area contributed by atoms with Crippen LogP contribution < -0.4 is 5.73 Å². The van der Waals surface area contributed by atoms with Crippen LogP contribution in [-0.4, -0.2) is 15.5 Å². The molecule has 2 heterocycles. The van der Waals surface area contributed by atoms with E-state index >= 15 is 0 Å². The summed E-state index contributed by atoms with van der Waals surface area (Å²) in [5.41, 5.74) is 7.00. The molecule has 2 N–H and O–H groups in total. The van der Waals surface area contributed by atoms with Crippen LogP contribution in [-0.2, 0) is 6.54 Å². The maximum absolute atomic E-state index is 13.6. The summed E-state index contributed by atoms with van der Waals surface area (Å²) < 4.78 is 28.7. The van der Waals surface area contributed by atoms with Gasteiger partial charge in [0.05, 0.1) is 12.2 Å². The summed E-state index contributed by atoms with van der Waals surface area (Å²) in [5, 5.41) is 0.832. The van der Waals surface area contributed by atoms with Crippen LogP contribution in [0.15, 0.2) is 37.1 Å². The Balaban J connectivity index is 2.38. The van der Waals surface area contributed by atoms with E-state index in [1.165, 1.54) is 10.6 Å². The third kappa shape index (κ3) is 2.98. The number of hydrogen-bond acceptors (Lipinski definition) is 2. The third-order valence-corrected chi connectivity index (χ3v) is 2.94. The number of allylic oxidation sites excluding steroid dienone is 1. The molecule has 1 atom stereocenters. The Bertz CT molecular complexity index is 587. The lowest BCUT2D eigenvalue weighted by atomic mass is 10.2. The van der Waals surface area contributed by atoms with Crippen molar-refractivity contribution in [3.05, 3.63) is 42.7 Å². The van der Waals surface area contributed by atoms with Gasteiger partial charge in [-0.3, -0.25) is 0 Å². The first-order valence-electron chi connectivity index (χ1n) is 6.13. The smallest absolute Gasteiger partial charge is 0.269 e. The van der Waals surface area contributed by atoms with Crippen molar-refractivity contribution in [2.24, 2.45) is 5.73 Å². The monoisotopic (exact) mass is 265 g/mol. The SMILES string of the molecule is C=CCC(F)(F)Cn1ccc2ccc(C(C)N)nc21. The van der Waals surface area contributed by atoms with E-state index in [9.17, 15) is 8.78 Å². The molecule has 0 radical (unpaired) electrons. The van der Waals surface area contributed by atoms with Gasteiger partial charge in [-0.25, -0.2) is 13.8 Å². The van der Waals surface area contributed by atoms with Crippen LogP contribution in [0.1, 0.15) is 25.1 Å². The summed E-state index contributed by atoms with van der Waals surface area (Å²) in [5.74, 6) is -2.82. The molecule has 0 saturated heterocycles. The number of alkyl halides is 2. The van der Waals surface area contributed by atoms with Gasteiger partial charge < -0.3 is 10.3 Å². The van der Waals surface area contributed by atoms with Crippen molar-refractivity contribution in [1.29, 1.82) is 0 Å². The van der Waals surface area contributed by atoms with Crippen LogP contribution in [0.25, 0.3) is 11.0 Å². The Labute approximate surface area is 110 Å². The van der Waals surface area contributed by atoms with Crippen LogP contribution in [0, 0.1) is 0 Å². The molecule has 2 rings (SSSR count). The molecule has 2 aromatic heterocycles. The number of pyridine rings is 1. The van der Waals surface area contributed by atoms with Crippen LogP contribution in [0.4, 0.5) is 8.78 Å². The molecule has 0 aliphatic heterocycles. The van der Waals surface area contributed by atoms with Crippen LogP contribution in [0.2, 0.25) is 0 Å². The van der Waals surface area contributed by atoms with Gasteiger partial charge in [0.25, 0.3) is 5.92 Å². The van der Waals surface area contributed by atoms with Crippen molar-refractivity contribution in [2.45, 2.75) is 31.9 Å². The second kappa shape index (κ2) is 5.09. The van der Waals surface area contributed by atoms with E-state index in [0.717, 1.165) is 5.39 Å². The first-order valence-corrected chi connectivity index (χ1v) is 6.13. The number of nitrogens with two attached hydrogens (primary N) is 1. The van der Waals surface area contributed by atoms with Gasteiger partial charge in [0.2, 0.25) is 0 Å². The molecule has 2 aromatic rings. The molecule has 0 bridgehead atoms. The van der Waals surface area contributed by atoms with Gasteiger partial charge in [0.15, 0.2) is 0 Å². The molecule has 0 spiro atoms. The highest BCUT2D eigenvalue weighted by Crippen LogP contribution is 2.24. The molecule has 5 heteroatoms. The first kappa shape index (κ1) is 13.7. The van der Waals surface area contributed by atoms with E-state index in [-0.39, 0.29) is 12.5 Å². The Morgan fingerprint density at radius 2 is 2.21 bits per heavy atom. The second-order valence-electron chi connectivity index (χ2n) is 4.73. The summed E-state index contributed by atoms with van der Waals surface area (Å²) in [6.45, 7) is 4.76. The zero-order valence-corrected chi connectivity index (χ0v) is 10.8. The van der Waals surface area contributed by atoms with E-state index in [2.05, 4.69) is 11.6 Å². The highest BCUT2D eigenvalue weighted by atomic mass is 19.3. The minimum atomic E-state index is -2.82. The van der Waals surface area contributed by atoms with E-state index in [4.69, 9.17) is 5.73 Å². The first-order chi connectivity index (χ1) is 8.93. The number of fused-ring (bicyclic) bond motifs is 1. The van der Waals surface area contributed by atoms with E-state index < -0.39 is 12.5 Å². The average Bonchev–Trinajstić information content (AvgIpc) is 2.71. The van der Waals surface area contributed by atoms with Crippen molar-refractivity contribution in [3.63, 3.8) is 0 Å². The normalized spacial score (nSPS) is 13.7. The summed E-state index contributed by atoms with van der Waals surface area (Å²) in [6.07, 6.45) is 2.51. The zero-order valence-electron chi connectivity index (χ0n) is 10.8. The molecule has 1 unspecified atom stereocenters. The fraction of sp³-hybridized carbons (Fsp3) is 0.357. The number of halogens is 2. The molecular formula is C14H17F2N3. The quantitative estimate of drug-likeness (QED) is 0.843. The standard InChI is InChI=1S/C14H17F2N3/c1-3-7-14(15,16)9-19-8-6-11-4-5-12(10(2)17)18-13(11)19/h3-6,8,10H,1,7,9,17H2,2H3. The average molecular weight is 265 g/mol. The molecule has 0 saturated carbocycles. The highest BCUT2D eigenvalue weighted by Gasteiger charge is 2.28. The minimum Gasteiger partial charge on any atom is -0.326 e. The van der Waals surface area contributed by atoms with Gasteiger partial charge >= 0.3 is 0 Å². The fourth-order valence-electron chi connectivity index (χ4n) is 1.98. The number of aromatic nitrogens is 2.